The molecular formula is C15H33N3. The molecule has 1 N–H and O–H groups in total. The highest BCUT2D eigenvalue weighted by Gasteiger charge is 2.23. The molecule has 1 aliphatic rings. The Morgan fingerprint density at radius 2 is 2.00 bits per heavy atom. The van der Waals surface area contributed by atoms with Crippen molar-refractivity contribution >= 4 is 0 Å². The fourth-order valence-electron chi connectivity index (χ4n) is 2.89. The SMILES string of the molecule is CCCNC1CCCN(C(C)CN(CC)CC)C1. The molecule has 0 aromatic carbocycles. The third-order valence-electron chi connectivity index (χ3n) is 4.18. The summed E-state index contributed by atoms with van der Waals surface area (Å²) in [6.07, 6.45) is 3.95. The Hall–Kier alpha value is -0.120. The van der Waals surface area contributed by atoms with E-state index in [0.29, 0.717) is 6.04 Å². The molecule has 18 heavy (non-hydrogen) atoms. The number of likely N-dealkylation sites (tertiary alicyclic amines) is 1. The number of rotatable bonds is 8. The number of nitrogens with zero attached hydrogens (tertiary/aromatic N) is 2. The van der Waals surface area contributed by atoms with Gasteiger partial charge in [-0.05, 0) is 52.4 Å². The van der Waals surface area contributed by atoms with Gasteiger partial charge < -0.3 is 10.2 Å². The predicted octanol–water partition coefficient (Wildman–Crippen LogP) is 2.18. The summed E-state index contributed by atoms with van der Waals surface area (Å²) in [6, 6.07) is 1.41. The van der Waals surface area contributed by atoms with Crippen molar-refractivity contribution in [2.45, 2.75) is 59.0 Å². The zero-order valence-electron chi connectivity index (χ0n) is 12.9. The van der Waals surface area contributed by atoms with Crippen molar-refractivity contribution < 1.29 is 0 Å². The Balaban J connectivity index is 2.35. The quantitative estimate of drug-likeness (QED) is 0.717. The van der Waals surface area contributed by atoms with Crippen molar-refractivity contribution in [1.29, 1.82) is 0 Å². The largest absolute Gasteiger partial charge is 0.313 e. The summed E-state index contributed by atoms with van der Waals surface area (Å²) >= 11 is 0. The highest BCUT2D eigenvalue weighted by atomic mass is 15.2. The van der Waals surface area contributed by atoms with Crippen LogP contribution in [0.15, 0.2) is 0 Å². The molecule has 1 heterocycles. The Kier molecular flexibility index (Phi) is 7.87. The number of hydrogen-bond acceptors (Lipinski definition) is 3. The molecule has 0 bridgehead atoms. The Bertz CT molecular complexity index is 204. The molecule has 108 valence electrons. The monoisotopic (exact) mass is 255 g/mol. The molecule has 1 saturated heterocycles. The minimum absolute atomic E-state index is 0.691. The third kappa shape index (κ3) is 5.25. The van der Waals surface area contributed by atoms with E-state index >= 15 is 0 Å². The van der Waals surface area contributed by atoms with E-state index in [1.807, 2.05) is 0 Å². The Morgan fingerprint density at radius 1 is 1.28 bits per heavy atom. The highest BCUT2D eigenvalue weighted by Crippen LogP contribution is 2.14. The molecule has 3 nitrogen and oxygen atoms in total. The van der Waals surface area contributed by atoms with E-state index in [2.05, 4.69) is 42.8 Å². The van der Waals surface area contributed by atoms with Crippen LogP contribution in [-0.2, 0) is 0 Å². The molecular weight excluding hydrogens is 222 g/mol. The van der Waals surface area contributed by atoms with Gasteiger partial charge in [-0.2, -0.15) is 0 Å². The fourth-order valence-corrected chi connectivity index (χ4v) is 2.89. The second-order valence-corrected chi connectivity index (χ2v) is 5.62. The Labute approximate surface area is 114 Å². The van der Waals surface area contributed by atoms with E-state index in [1.165, 1.54) is 58.5 Å². The van der Waals surface area contributed by atoms with Crippen molar-refractivity contribution in [2.24, 2.45) is 0 Å². The summed E-state index contributed by atoms with van der Waals surface area (Å²) in [5.41, 5.74) is 0. The van der Waals surface area contributed by atoms with Crippen LogP contribution in [0, 0.1) is 0 Å². The van der Waals surface area contributed by atoms with Crippen molar-refractivity contribution in [3.05, 3.63) is 0 Å². The molecule has 0 aromatic heterocycles. The molecule has 2 atom stereocenters. The lowest BCUT2D eigenvalue weighted by atomic mass is 10.0. The van der Waals surface area contributed by atoms with E-state index in [1.54, 1.807) is 0 Å². The molecule has 0 aliphatic carbocycles. The normalized spacial score (nSPS) is 23.5. The fraction of sp³-hybridized carbons (Fsp3) is 1.00. The zero-order chi connectivity index (χ0) is 13.4. The lowest BCUT2D eigenvalue weighted by Crippen LogP contribution is -2.51. The molecule has 1 aliphatic heterocycles. The predicted molar refractivity (Wildman–Crippen MR) is 80.1 cm³/mol. The van der Waals surface area contributed by atoms with Gasteiger partial charge in [0.25, 0.3) is 0 Å². The average Bonchev–Trinajstić information content (AvgIpc) is 2.42. The molecule has 0 radical (unpaired) electrons. The number of nitrogens with one attached hydrogen (secondary N) is 1. The van der Waals surface area contributed by atoms with E-state index in [-0.39, 0.29) is 0 Å². The van der Waals surface area contributed by atoms with Gasteiger partial charge in [0.05, 0.1) is 0 Å². The number of likely N-dealkylation sites (N-methyl/N-ethyl adjacent to an activating group) is 1. The minimum atomic E-state index is 0.691. The summed E-state index contributed by atoms with van der Waals surface area (Å²) in [5, 5.41) is 3.68. The molecule has 2 unspecified atom stereocenters. The number of hydrogen-bond donors (Lipinski definition) is 1. The first kappa shape index (κ1) is 15.9. The minimum Gasteiger partial charge on any atom is -0.313 e. The molecule has 1 rings (SSSR count). The summed E-state index contributed by atoms with van der Waals surface area (Å²) in [4.78, 5) is 5.21. The molecule has 0 amide bonds. The molecule has 0 aromatic rings. The van der Waals surface area contributed by atoms with E-state index in [9.17, 15) is 0 Å². The topological polar surface area (TPSA) is 18.5 Å². The highest BCUT2D eigenvalue weighted by molar-refractivity contribution is 4.82. The number of piperidine rings is 1. The second kappa shape index (κ2) is 8.89. The maximum atomic E-state index is 3.68. The molecule has 0 saturated carbocycles. The van der Waals surface area contributed by atoms with Gasteiger partial charge in [0, 0.05) is 25.2 Å². The van der Waals surface area contributed by atoms with Gasteiger partial charge in [0.1, 0.15) is 0 Å². The van der Waals surface area contributed by atoms with Gasteiger partial charge in [0.15, 0.2) is 0 Å². The van der Waals surface area contributed by atoms with Crippen LogP contribution < -0.4 is 5.32 Å². The standard InChI is InChI=1S/C15H33N3/c1-5-10-16-15-9-8-11-18(13-15)14(4)12-17(6-2)7-3/h14-16H,5-13H2,1-4H3. The van der Waals surface area contributed by atoms with E-state index in [4.69, 9.17) is 0 Å². The van der Waals surface area contributed by atoms with Crippen LogP contribution in [0.3, 0.4) is 0 Å². The molecule has 3 heteroatoms. The van der Waals surface area contributed by atoms with Gasteiger partial charge >= 0.3 is 0 Å². The average molecular weight is 255 g/mol. The molecule has 0 spiro atoms. The van der Waals surface area contributed by atoms with Gasteiger partial charge in [-0.25, -0.2) is 0 Å². The summed E-state index contributed by atoms with van der Waals surface area (Å²) in [6.45, 7) is 16.4. The maximum absolute atomic E-state index is 3.68. The van der Waals surface area contributed by atoms with Crippen molar-refractivity contribution in [3.63, 3.8) is 0 Å². The van der Waals surface area contributed by atoms with Crippen LogP contribution >= 0.6 is 0 Å². The third-order valence-corrected chi connectivity index (χ3v) is 4.18. The van der Waals surface area contributed by atoms with Crippen molar-refractivity contribution in [2.75, 3.05) is 39.3 Å². The second-order valence-electron chi connectivity index (χ2n) is 5.62. The Morgan fingerprint density at radius 3 is 2.61 bits per heavy atom. The maximum Gasteiger partial charge on any atom is 0.0195 e. The van der Waals surface area contributed by atoms with Crippen LogP contribution in [0.4, 0.5) is 0 Å². The summed E-state index contributed by atoms with van der Waals surface area (Å²) < 4.78 is 0. The van der Waals surface area contributed by atoms with Crippen LogP contribution in [0.1, 0.15) is 47.0 Å². The van der Waals surface area contributed by atoms with Gasteiger partial charge in [-0.3, -0.25) is 4.90 Å². The zero-order valence-corrected chi connectivity index (χ0v) is 12.9. The first-order chi connectivity index (χ1) is 8.71. The van der Waals surface area contributed by atoms with Gasteiger partial charge in [-0.1, -0.05) is 20.8 Å². The van der Waals surface area contributed by atoms with Crippen molar-refractivity contribution in [1.82, 2.24) is 15.1 Å². The summed E-state index contributed by atoms with van der Waals surface area (Å²) in [7, 11) is 0. The van der Waals surface area contributed by atoms with Crippen LogP contribution in [0.25, 0.3) is 0 Å². The first-order valence-electron chi connectivity index (χ1n) is 7.90. The van der Waals surface area contributed by atoms with Gasteiger partial charge in [-0.15, -0.1) is 0 Å². The van der Waals surface area contributed by atoms with Crippen LogP contribution in [0.5, 0.6) is 0 Å². The smallest absolute Gasteiger partial charge is 0.0195 e. The van der Waals surface area contributed by atoms with Crippen LogP contribution in [-0.4, -0.2) is 61.2 Å². The summed E-state index contributed by atoms with van der Waals surface area (Å²) in [5.74, 6) is 0. The van der Waals surface area contributed by atoms with E-state index in [0.717, 1.165) is 6.04 Å². The molecule has 1 fully saturated rings. The van der Waals surface area contributed by atoms with Crippen molar-refractivity contribution in [3.8, 4) is 0 Å². The van der Waals surface area contributed by atoms with Gasteiger partial charge in [0.2, 0.25) is 0 Å². The lowest BCUT2D eigenvalue weighted by molar-refractivity contribution is 0.114. The first-order valence-corrected chi connectivity index (χ1v) is 7.90. The van der Waals surface area contributed by atoms with E-state index < -0.39 is 0 Å². The van der Waals surface area contributed by atoms with Crippen LogP contribution in [0.2, 0.25) is 0 Å². The lowest BCUT2D eigenvalue weighted by Gasteiger charge is -2.39.